The van der Waals surface area contributed by atoms with E-state index >= 15 is 0 Å². The fourth-order valence-corrected chi connectivity index (χ4v) is 2.60. The number of rotatable bonds is 6. The molecule has 7 heteroatoms. The molecule has 1 aromatic heterocycles. The summed E-state index contributed by atoms with van der Waals surface area (Å²) in [7, 11) is 1.56. The predicted octanol–water partition coefficient (Wildman–Crippen LogP) is 2.22. The van der Waals surface area contributed by atoms with Gasteiger partial charge in [0.25, 0.3) is 5.91 Å². The van der Waals surface area contributed by atoms with Gasteiger partial charge in [0.05, 0.1) is 22.7 Å². The monoisotopic (exact) mass is 329 g/mol. The molecule has 0 spiro atoms. The molecular formula is C16H15N3O3S. The van der Waals surface area contributed by atoms with Gasteiger partial charge in [-0.1, -0.05) is 12.1 Å². The van der Waals surface area contributed by atoms with Crippen LogP contribution in [0.5, 0.6) is 0 Å². The Hall–Kier alpha value is -2.72. The van der Waals surface area contributed by atoms with E-state index in [1.54, 1.807) is 13.1 Å². The highest BCUT2D eigenvalue weighted by Gasteiger charge is 2.10. The summed E-state index contributed by atoms with van der Waals surface area (Å²) in [6, 6.07) is 9.63. The molecule has 0 bridgehead atoms. The van der Waals surface area contributed by atoms with Crippen molar-refractivity contribution in [1.82, 2.24) is 9.88 Å². The molecule has 1 amide bonds. The zero-order valence-corrected chi connectivity index (χ0v) is 13.4. The molecule has 0 atom stereocenters. The minimum absolute atomic E-state index is 0.244. The summed E-state index contributed by atoms with van der Waals surface area (Å²) in [6.07, 6.45) is 3.06. The zero-order valence-electron chi connectivity index (χ0n) is 12.6. The van der Waals surface area contributed by atoms with Crippen molar-refractivity contribution < 1.29 is 14.3 Å². The van der Waals surface area contributed by atoms with Gasteiger partial charge in [0.1, 0.15) is 5.01 Å². The molecule has 0 aliphatic carbocycles. The Morgan fingerprint density at radius 2 is 2.22 bits per heavy atom. The second-order valence-corrected chi connectivity index (χ2v) is 5.75. The molecule has 0 radical (unpaired) electrons. The van der Waals surface area contributed by atoms with Gasteiger partial charge in [-0.25, -0.2) is 9.78 Å². The van der Waals surface area contributed by atoms with Crippen LogP contribution < -0.4 is 0 Å². The topological polar surface area (TPSA) is 83.3 Å². The highest BCUT2D eigenvalue weighted by Crippen LogP contribution is 2.22. The molecule has 0 unspecified atom stereocenters. The maximum Gasteiger partial charge on any atom is 0.331 e. The Bertz CT molecular complexity index is 743. The third-order valence-electron chi connectivity index (χ3n) is 3.00. The maximum atomic E-state index is 11.6. The molecule has 1 heterocycles. The van der Waals surface area contributed by atoms with E-state index in [-0.39, 0.29) is 18.9 Å². The van der Waals surface area contributed by atoms with Crippen LogP contribution in [0.1, 0.15) is 11.4 Å². The van der Waals surface area contributed by atoms with Crippen molar-refractivity contribution >= 4 is 39.5 Å². The van der Waals surface area contributed by atoms with E-state index in [0.29, 0.717) is 11.6 Å². The van der Waals surface area contributed by atoms with E-state index in [2.05, 4.69) is 4.98 Å². The van der Waals surface area contributed by atoms with Gasteiger partial charge in [0, 0.05) is 19.7 Å². The normalized spacial score (nSPS) is 10.6. The van der Waals surface area contributed by atoms with Gasteiger partial charge >= 0.3 is 5.97 Å². The first-order valence-electron chi connectivity index (χ1n) is 6.91. The molecule has 23 heavy (non-hydrogen) atoms. The summed E-state index contributed by atoms with van der Waals surface area (Å²) in [5.41, 5.74) is 0.875. The number of esters is 1. The summed E-state index contributed by atoms with van der Waals surface area (Å²) in [5.74, 6) is -0.951. The van der Waals surface area contributed by atoms with Crippen LogP contribution in [-0.4, -0.2) is 42.0 Å². The number of carbonyl (C=O) groups is 2. The van der Waals surface area contributed by atoms with E-state index in [1.165, 1.54) is 22.3 Å². The van der Waals surface area contributed by atoms with E-state index in [4.69, 9.17) is 10.00 Å². The SMILES string of the molecule is CN(CCC#N)C(=O)COC(=O)/C=C/c1nc2ccccc2s1. The molecule has 0 saturated carbocycles. The molecule has 6 nitrogen and oxygen atoms in total. The first-order chi connectivity index (χ1) is 11.1. The molecule has 2 aromatic rings. The van der Waals surface area contributed by atoms with Gasteiger partial charge in [-0.05, 0) is 18.2 Å². The Kier molecular flexibility index (Phi) is 5.83. The smallest absolute Gasteiger partial charge is 0.331 e. The van der Waals surface area contributed by atoms with Crippen molar-refractivity contribution in [2.45, 2.75) is 6.42 Å². The second kappa shape index (κ2) is 8.06. The van der Waals surface area contributed by atoms with Crippen molar-refractivity contribution in [3.63, 3.8) is 0 Å². The minimum Gasteiger partial charge on any atom is -0.452 e. The number of fused-ring (bicyclic) bond motifs is 1. The predicted molar refractivity (Wildman–Crippen MR) is 87.5 cm³/mol. The van der Waals surface area contributed by atoms with Gasteiger partial charge < -0.3 is 9.64 Å². The van der Waals surface area contributed by atoms with Gasteiger partial charge in [-0.3, -0.25) is 4.79 Å². The highest BCUT2D eigenvalue weighted by atomic mass is 32.1. The molecule has 1 aromatic carbocycles. The fourth-order valence-electron chi connectivity index (χ4n) is 1.73. The number of hydrogen-bond acceptors (Lipinski definition) is 6. The van der Waals surface area contributed by atoms with E-state index < -0.39 is 5.97 Å². The molecule has 118 valence electrons. The van der Waals surface area contributed by atoms with Crippen molar-refractivity contribution in [1.29, 1.82) is 5.26 Å². The molecule has 0 N–H and O–H groups in total. The molecule has 2 rings (SSSR count). The first kappa shape index (κ1) is 16.6. The van der Waals surface area contributed by atoms with Crippen LogP contribution in [-0.2, 0) is 14.3 Å². The quantitative estimate of drug-likeness (QED) is 0.599. The van der Waals surface area contributed by atoms with E-state index in [9.17, 15) is 9.59 Å². The van der Waals surface area contributed by atoms with Crippen molar-refractivity contribution in [2.75, 3.05) is 20.2 Å². The Morgan fingerprint density at radius 3 is 2.96 bits per heavy atom. The van der Waals surface area contributed by atoms with E-state index in [1.807, 2.05) is 30.3 Å². The van der Waals surface area contributed by atoms with Crippen LogP contribution in [0.4, 0.5) is 0 Å². The van der Waals surface area contributed by atoms with Crippen LogP contribution in [0, 0.1) is 11.3 Å². The Labute approximate surface area is 137 Å². The van der Waals surface area contributed by atoms with Crippen LogP contribution in [0.2, 0.25) is 0 Å². The number of nitriles is 1. The number of amides is 1. The largest absolute Gasteiger partial charge is 0.452 e. The number of para-hydroxylation sites is 1. The van der Waals surface area contributed by atoms with Gasteiger partial charge in [-0.15, -0.1) is 11.3 Å². The van der Waals surface area contributed by atoms with Gasteiger partial charge in [0.15, 0.2) is 6.61 Å². The summed E-state index contributed by atoms with van der Waals surface area (Å²) >= 11 is 1.47. The maximum absolute atomic E-state index is 11.6. The van der Waals surface area contributed by atoms with Crippen LogP contribution in [0.25, 0.3) is 16.3 Å². The Balaban J connectivity index is 1.84. The summed E-state index contributed by atoms with van der Waals surface area (Å²) < 4.78 is 5.91. The lowest BCUT2D eigenvalue weighted by atomic mass is 10.3. The number of benzene rings is 1. The molecule has 0 fully saturated rings. The number of nitrogens with zero attached hydrogens (tertiary/aromatic N) is 3. The molecule has 0 saturated heterocycles. The molecular weight excluding hydrogens is 314 g/mol. The third kappa shape index (κ3) is 4.90. The summed E-state index contributed by atoms with van der Waals surface area (Å²) in [6.45, 7) is -0.0284. The number of aromatic nitrogens is 1. The second-order valence-electron chi connectivity index (χ2n) is 4.68. The molecule has 0 aliphatic heterocycles. The third-order valence-corrected chi connectivity index (χ3v) is 4.00. The van der Waals surface area contributed by atoms with Crippen LogP contribution in [0.3, 0.4) is 0 Å². The minimum atomic E-state index is -0.605. The fraction of sp³-hybridized carbons (Fsp3) is 0.250. The van der Waals surface area contributed by atoms with E-state index in [0.717, 1.165) is 10.2 Å². The standard InChI is InChI=1S/C16H15N3O3S/c1-19(10-4-9-17)15(20)11-22-16(21)8-7-14-18-12-5-2-3-6-13(12)23-14/h2-3,5-8H,4,10-11H2,1H3/b8-7+. The first-order valence-corrected chi connectivity index (χ1v) is 7.73. The average molecular weight is 329 g/mol. The molecule has 0 aliphatic rings. The summed E-state index contributed by atoms with van der Waals surface area (Å²) in [5, 5.41) is 9.15. The number of carbonyl (C=O) groups excluding carboxylic acids is 2. The van der Waals surface area contributed by atoms with Gasteiger partial charge in [-0.2, -0.15) is 5.26 Å². The lowest BCUT2D eigenvalue weighted by Gasteiger charge is -2.14. The number of hydrogen-bond donors (Lipinski definition) is 0. The van der Waals surface area contributed by atoms with Crippen LogP contribution >= 0.6 is 11.3 Å². The van der Waals surface area contributed by atoms with Crippen molar-refractivity contribution in [2.24, 2.45) is 0 Å². The van der Waals surface area contributed by atoms with Crippen molar-refractivity contribution in [3.8, 4) is 6.07 Å². The van der Waals surface area contributed by atoms with Gasteiger partial charge in [0.2, 0.25) is 0 Å². The zero-order chi connectivity index (χ0) is 16.7. The number of ether oxygens (including phenoxy) is 1. The average Bonchev–Trinajstić information content (AvgIpc) is 2.98. The lowest BCUT2D eigenvalue weighted by molar-refractivity contribution is -0.147. The van der Waals surface area contributed by atoms with Crippen molar-refractivity contribution in [3.05, 3.63) is 35.3 Å². The Morgan fingerprint density at radius 1 is 1.43 bits per heavy atom. The number of thiazole rings is 1. The highest BCUT2D eigenvalue weighted by molar-refractivity contribution is 7.19. The van der Waals surface area contributed by atoms with Crippen LogP contribution in [0.15, 0.2) is 30.3 Å². The summed E-state index contributed by atoms with van der Waals surface area (Å²) in [4.78, 5) is 29.0. The lowest BCUT2D eigenvalue weighted by Crippen LogP contribution is -2.31. The number of likely N-dealkylation sites (N-methyl/N-ethyl adjacent to an activating group) is 1.